The third-order valence-corrected chi connectivity index (χ3v) is 6.23. The Morgan fingerprint density at radius 2 is 1.96 bits per heavy atom. The first-order valence-electron chi connectivity index (χ1n) is 7.94. The number of imidazole rings is 1. The topological polar surface area (TPSA) is 76.9 Å². The summed E-state index contributed by atoms with van der Waals surface area (Å²) >= 11 is 0. The van der Waals surface area contributed by atoms with Gasteiger partial charge in [-0.1, -0.05) is 18.2 Å². The number of sulfone groups is 1. The first-order chi connectivity index (χ1) is 11.6. The third kappa shape index (κ3) is 2.99. The van der Waals surface area contributed by atoms with Gasteiger partial charge in [0.05, 0.1) is 22.5 Å². The molecule has 2 aromatic heterocycles. The van der Waals surface area contributed by atoms with Crippen LogP contribution in [0.3, 0.4) is 0 Å². The fraction of sp³-hybridized carbons (Fsp3) is 0.294. The molecule has 0 aliphatic carbocycles. The Labute approximate surface area is 140 Å². The van der Waals surface area contributed by atoms with Crippen LogP contribution < -0.4 is 5.32 Å². The molecule has 4 rings (SSSR count). The van der Waals surface area contributed by atoms with E-state index in [1.807, 2.05) is 47.0 Å². The maximum atomic E-state index is 11.2. The summed E-state index contributed by atoms with van der Waals surface area (Å²) in [6, 6.07) is 13.7. The van der Waals surface area contributed by atoms with Gasteiger partial charge in [0.15, 0.2) is 9.84 Å². The lowest BCUT2D eigenvalue weighted by Gasteiger charge is -2.25. The van der Waals surface area contributed by atoms with E-state index in [0.29, 0.717) is 11.5 Å². The average molecular weight is 342 g/mol. The van der Waals surface area contributed by atoms with E-state index in [1.165, 1.54) is 0 Å². The zero-order chi connectivity index (χ0) is 16.6. The lowest BCUT2D eigenvalue weighted by molar-refractivity contribution is 0.506. The van der Waals surface area contributed by atoms with Crippen LogP contribution >= 0.6 is 0 Å². The average Bonchev–Trinajstić information content (AvgIpc) is 2.97. The van der Waals surface area contributed by atoms with E-state index >= 15 is 0 Å². The monoisotopic (exact) mass is 342 g/mol. The SMILES string of the molecule is O=S1(=O)CC(CCNc2cccc(-n3cnc4ccccc43)n2)C1. The smallest absolute Gasteiger partial charge is 0.150 e. The molecule has 1 aromatic carbocycles. The zero-order valence-electron chi connectivity index (χ0n) is 13.1. The van der Waals surface area contributed by atoms with Gasteiger partial charge in [-0.25, -0.2) is 18.4 Å². The minimum Gasteiger partial charge on any atom is -0.370 e. The van der Waals surface area contributed by atoms with Gasteiger partial charge in [-0.2, -0.15) is 0 Å². The van der Waals surface area contributed by atoms with Crippen molar-refractivity contribution in [2.45, 2.75) is 6.42 Å². The molecule has 3 aromatic rings. The molecule has 24 heavy (non-hydrogen) atoms. The van der Waals surface area contributed by atoms with Crippen molar-refractivity contribution in [3.63, 3.8) is 0 Å². The molecular formula is C17H18N4O2S. The fourth-order valence-electron chi connectivity index (χ4n) is 3.04. The molecule has 124 valence electrons. The number of aromatic nitrogens is 3. The molecule has 6 nitrogen and oxygen atoms in total. The van der Waals surface area contributed by atoms with Gasteiger partial charge in [-0.15, -0.1) is 0 Å². The van der Waals surface area contributed by atoms with Crippen LogP contribution in [0.4, 0.5) is 5.82 Å². The molecule has 0 spiro atoms. The normalized spacial score (nSPS) is 16.8. The third-order valence-electron chi connectivity index (χ3n) is 4.27. The van der Waals surface area contributed by atoms with Crippen molar-refractivity contribution in [3.8, 4) is 5.82 Å². The number of hydrogen-bond donors (Lipinski definition) is 1. The molecule has 0 saturated carbocycles. The van der Waals surface area contributed by atoms with Crippen molar-refractivity contribution in [2.24, 2.45) is 5.92 Å². The molecule has 0 radical (unpaired) electrons. The number of nitrogens with one attached hydrogen (secondary N) is 1. The van der Waals surface area contributed by atoms with Gasteiger partial charge in [-0.05, 0) is 36.6 Å². The molecule has 0 amide bonds. The van der Waals surface area contributed by atoms with Gasteiger partial charge in [0.2, 0.25) is 0 Å². The summed E-state index contributed by atoms with van der Waals surface area (Å²) in [4.78, 5) is 9.02. The molecule has 1 N–H and O–H groups in total. The van der Waals surface area contributed by atoms with Crippen LogP contribution in [0.15, 0.2) is 48.8 Å². The van der Waals surface area contributed by atoms with Gasteiger partial charge in [0.25, 0.3) is 0 Å². The van der Waals surface area contributed by atoms with Crippen LogP contribution in [0.1, 0.15) is 6.42 Å². The summed E-state index contributed by atoms with van der Waals surface area (Å²) < 4.78 is 24.3. The number of benzene rings is 1. The second-order valence-electron chi connectivity index (χ2n) is 6.14. The first-order valence-corrected chi connectivity index (χ1v) is 9.77. The Kier molecular flexibility index (Phi) is 3.72. The van der Waals surface area contributed by atoms with Crippen LogP contribution in [0.5, 0.6) is 0 Å². The maximum absolute atomic E-state index is 11.2. The summed E-state index contributed by atoms with van der Waals surface area (Å²) in [6.45, 7) is 0.724. The molecule has 3 heterocycles. The highest BCUT2D eigenvalue weighted by Crippen LogP contribution is 2.22. The number of hydrogen-bond acceptors (Lipinski definition) is 5. The molecule has 1 aliphatic heterocycles. The van der Waals surface area contributed by atoms with E-state index < -0.39 is 9.84 Å². The van der Waals surface area contributed by atoms with Gasteiger partial charge in [0.1, 0.15) is 18.0 Å². The minimum atomic E-state index is -2.74. The maximum Gasteiger partial charge on any atom is 0.150 e. The van der Waals surface area contributed by atoms with Crippen LogP contribution in [-0.2, 0) is 9.84 Å². The highest BCUT2D eigenvalue weighted by molar-refractivity contribution is 7.92. The summed E-state index contributed by atoms with van der Waals surface area (Å²) in [7, 11) is -2.74. The molecule has 0 unspecified atom stereocenters. The van der Waals surface area contributed by atoms with Gasteiger partial charge in [0, 0.05) is 6.54 Å². The number of para-hydroxylation sites is 2. The molecule has 1 aliphatic rings. The zero-order valence-corrected chi connectivity index (χ0v) is 13.9. The number of rotatable bonds is 5. The Bertz CT molecular complexity index is 969. The first kappa shape index (κ1) is 15.1. The van der Waals surface area contributed by atoms with Crippen LogP contribution in [0, 0.1) is 5.92 Å². The fourth-order valence-corrected chi connectivity index (χ4v) is 4.71. The summed E-state index contributed by atoms with van der Waals surface area (Å²) in [6.07, 6.45) is 2.62. The van der Waals surface area contributed by atoms with Crippen LogP contribution in [0.25, 0.3) is 16.9 Å². The van der Waals surface area contributed by atoms with Crippen molar-refractivity contribution in [1.82, 2.24) is 14.5 Å². The predicted molar refractivity (Wildman–Crippen MR) is 94.1 cm³/mol. The van der Waals surface area contributed by atoms with E-state index in [-0.39, 0.29) is 5.92 Å². The predicted octanol–water partition coefficient (Wildman–Crippen LogP) is 2.27. The second-order valence-corrected chi connectivity index (χ2v) is 8.30. The van der Waals surface area contributed by atoms with Crippen molar-refractivity contribution in [3.05, 3.63) is 48.8 Å². The van der Waals surface area contributed by atoms with Gasteiger partial charge in [-0.3, -0.25) is 4.57 Å². The van der Waals surface area contributed by atoms with E-state index in [1.54, 1.807) is 6.33 Å². The second kappa shape index (κ2) is 5.90. The van der Waals surface area contributed by atoms with Gasteiger partial charge < -0.3 is 5.32 Å². The lowest BCUT2D eigenvalue weighted by Crippen LogP contribution is -2.37. The highest BCUT2D eigenvalue weighted by atomic mass is 32.2. The number of fused-ring (bicyclic) bond motifs is 1. The molecule has 0 bridgehead atoms. The minimum absolute atomic E-state index is 0.281. The van der Waals surface area contributed by atoms with E-state index in [2.05, 4.69) is 15.3 Å². The van der Waals surface area contributed by atoms with Crippen molar-refractivity contribution >= 4 is 26.7 Å². The number of pyridine rings is 1. The Hall–Kier alpha value is -2.41. The van der Waals surface area contributed by atoms with Crippen molar-refractivity contribution < 1.29 is 8.42 Å². The summed E-state index contributed by atoms with van der Waals surface area (Å²) in [5.41, 5.74) is 1.95. The van der Waals surface area contributed by atoms with E-state index in [9.17, 15) is 8.42 Å². The quantitative estimate of drug-likeness (QED) is 0.770. The molecule has 0 atom stereocenters. The summed E-state index contributed by atoms with van der Waals surface area (Å²) in [5.74, 6) is 2.52. The van der Waals surface area contributed by atoms with E-state index in [4.69, 9.17) is 0 Å². The van der Waals surface area contributed by atoms with Crippen molar-refractivity contribution in [2.75, 3.05) is 23.4 Å². The number of nitrogens with zero attached hydrogens (tertiary/aromatic N) is 3. The summed E-state index contributed by atoms with van der Waals surface area (Å²) in [5, 5.41) is 3.28. The molecule has 1 saturated heterocycles. The highest BCUT2D eigenvalue weighted by Gasteiger charge is 2.32. The van der Waals surface area contributed by atoms with Crippen LogP contribution in [-0.4, -0.2) is 41.0 Å². The van der Waals surface area contributed by atoms with Crippen molar-refractivity contribution in [1.29, 1.82) is 0 Å². The Morgan fingerprint density at radius 1 is 1.12 bits per heavy atom. The Morgan fingerprint density at radius 3 is 2.79 bits per heavy atom. The van der Waals surface area contributed by atoms with E-state index in [0.717, 1.165) is 35.6 Å². The lowest BCUT2D eigenvalue weighted by atomic mass is 10.1. The van der Waals surface area contributed by atoms with Gasteiger partial charge >= 0.3 is 0 Å². The largest absolute Gasteiger partial charge is 0.370 e. The number of anilines is 1. The Balaban J connectivity index is 1.46. The molecular weight excluding hydrogens is 324 g/mol. The molecule has 1 fully saturated rings. The molecule has 7 heteroatoms. The standard InChI is InChI=1S/C17H18N4O2S/c22-24(23)10-13(11-24)8-9-18-16-6-3-7-17(20-16)21-12-19-14-4-1-2-5-15(14)21/h1-7,12-13H,8-11H2,(H,18,20). The van der Waals surface area contributed by atoms with Crippen LogP contribution in [0.2, 0.25) is 0 Å².